The third-order valence-electron chi connectivity index (χ3n) is 5.53. The van der Waals surface area contributed by atoms with E-state index in [1.54, 1.807) is 19.2 Å². The maximum atomic E-state index is 12.4. The van der Waals surface area contributed by atoms with Gasteiger partial charge in [-0.1, -0.05) is 25.1 Å². The quantitative estimate of drug-likeness (QED) is 0.915. The van der Waals surface area contributed by atoms with Gasteiger partial charge in [0.15, 0.2) is 0 Å². The summed E-state index contributed by atoms with van der Waals surface area (Å²) in [7, 11) is 0. The van der Waals surface area contributed by atoms with Crippen LogP contribution in [-0.2, 0) is 4.79 Å². The van der Waals surface area contributed by atoms with Crippen molar-refractivity contribution in [1.29, 1.82) is 5.26 Å². The Labute approximate surface area is 153 Å². The Morgan fingerprint density at radius 3 is 2.65 bits per heavy atom. The third kappa shape index (κ3) is 2.82. The number of hydrogen-bond donors (Lipinski definition) is 1. The summed E-state index contributed by atoms with van der Waals surface area (Å²) in [6.45, 7) is 3.88. The van der Waals surface area contributed by atoms with Crippen molar-refractivity contribution in [3.8, 4) is 6.07 Å². The molecule has 1 amide bonds. The molecule has 3 unspecified atom stereocenters. The Bertz CT molecular complexity index is 866. The Morgan fingerprint density at radius 2 is 2.04 bits per heavy atom. The fourth-order valence-electron chi connectivity index (χ4n) is 4.22. The van der Waals surface area contributed by atoms with Gasteiger partial charge in [-0.15, -0.1) is 0 Å². The maximum absolute atomic E-state index is 12.4. The van der Waals surface area contributed by atoms with E-state index in [-0.39, 0.29) is 23.9 Å². The number of pyridine rings is 1. The van der Waals surface area contributed by atoms with Crippen LogP contribution in [0.1, 0.15) is 43.9 Å². The molecule has 1 N–H and O–H groups in total. The average molecular weight is 346 g/mol. The number of rotatable bonds is 3. The normalized spacial score (nSPS) is 24.5. The Hall–Kier alpha value is -2.87. The molecule has 2 heterocycles. The lowest BCUT2D eigenvalue weighted by Gasteiger charge is -2.45. The van der Waals surface area contributed by atoms with E-state index in [4.69, 9.17) is 5.26 Å². The first-order chi connectivity index (χ1) is 12.6. The molecule has 0 bridgehead atoms. The van der Waals surface area contributed by atoms with Crippen molar-refractivity contribution in [2.45, 2.75) is 38.8 Å². The van der Waals surface area contributed by atoms with E-state index in [2.05, 4.69) is 29.4 Å². The fraction of sp³-hybridized carbons (Fsp3) is 0.381. The summed E-state index contributed by atoms with van der Waals surface area (Å²) in [6, 6.07) is 14.1. The van der Waals surface area contributed by atoms with E-state index in [0.29, 0.717) is 11.5 Å². The van der Waals surface area contributed by atoms with Gasteiger partial charge in [0.1, 0.15) is 11.9 Å². The first kappa shape index (κ1) is 16.6. The standard InChI is InChI=1S/C21H22N4O/c1-13-20(24-19-10-7-15(11-22)12-23-19)17-5-3-4-6-18(17)25(14(2)26)21(13)16-8-9-16/h3-7,10,12-13,16,20-21H,8-9H2,1-2H3,(H,23,24). The summed E-state index contributed by atoms with van der Waals surface area (Å²) < 4.78 is 0. The lowest BCUT2D eigenvalue weighted by molar-refractivity contribution is -0.117. The zero-order valence-corrected chi connectivity index (χ0v) is 15.0. The molecule has 1 aliphatic heterocycles. The lowest BCUT2D eigenvalue weighted by Crippen LogP contribution is -2.51. The summed E-state index contributed by atoms with van der Waals surface area (Å²) >= 11 is 0. The fourth-order valence-corrected chi connectivity index (χ4v) is 4.22. The Balaban J connectivity index is 1.74. The van der Waals surface area contributed by atoms with Crippen LogP contribution in [0.4, 0.5) is 11.5 Å². The van der Waals surface area contributed by atoms with Crippen LogP contribution >= 0.6 is 0 Å². The number of hydrogen-bond acceptors (Lipinski definition) is 4. The highest BCUT2D eigenvalue weighted by Gasteiger charge is 2.47. The van der Waals surface area contributed by atoms with E-state index in [9.17, 15) is 4.79 Å². The largest absolute Gasteiger partial charge is 0.363 e. The molecule has 1 aliphatic carbocycles. The molecule has 4 rings (SSSR count). The predicted molar refractivity (Wildman–Crippen MR) is 101 cm³/mol. The van der Waals surface area contributed by atoms with Gasteiger partial charge >= 0.3 is 0 Å². The van der Waals surface area contributed by atoms with Gasteiger partial charge < -0.3 is 10.2 Å². The van der Waals surface area contributed by atoms with Crippen LogP contribution in [0.5, 0.6) is 0 Å². The molecule has 132 valence electrons. The molecule has 1 aromatic heterocycles. The number of nitriles is 1. The molecule has 5 heteroatoms. The molecule has 1 aromatic carbocycles. The molecule has 3 atom stereocenters. The van der Waals surface area contributed by atoms with E-state index in [1.165, 1.54) is 12.8 Å². The van der Waals surface area contributed by atoms with Crippen molar-refractivity contribution >= 4 is 17.4 Å². The maximum Gasteiger partial charge on any atom is 0.224 e. The molecule has 0 saturated heterocycles. The van der Waals surface area contributed by atoms with Crippen LogP contribution in [0.25, 0.3) is 0 Å². The minimum atomic E-state index is 0.0767. The summed E-state index contributed by atoms with van der Waals surface area (Å²) in [5, 5.41) is 12.5. The van der Waals surface area contributed by atoms with Crippen LogP contribution in [-0.4, -0.2) is 16.9 Å². The smallest absolute Gasteiger partial charge is 0.224 e. The Morgan fingerprint density at radius 1 is 1.27 bits per heavy atom. The number of benzene rings is 1. The number of anilines is 2. The summed E-state index contributed by atoms with van der Waals surface area (Å²) in [5.74, 6) is 1.69. The van der Waals surface area contributed by atoms with Crippen molar-refractivity contribution in [2.24, 2.45) is 11.8 Å². The first-order valence-corrected chi connectivity index (χ1v) is 9.11. The average Bonchev–Trinajstić information content (AvgIpc) is 3.48. The summed E-state index contributed by atoms with van der Waals surface area (Å²) in [4.78, 5) is 18.8. The summed E-state index contributed by atoms with van der Waals surface area (Å²) in [5.41, 5.74) is 2.67. The van der Waals surface area contributed by atoms with Crippen molar-refractivity contribution < 1.29 is 4.79 Å². The number of carbonyl (C=O) groups excluding carboxylic acids is 1. The number of aromatic nitrogens is 1. The van der Waals surface area contributed by atoms with Crippen molar-refractivity contribution in [3.63, 3.8) is 0 Å². The highest BCUT2D eigenvalue weighted by atomic mass is 16.2. The molecule has 2 aromatic rings. The number of nitrogens with one attached hydrogen (secondary N) is 1. The second kappa shape index (κ2) is 6.45. The molecule has 5 nitrogen and oxygen atoms in total. The molecule has 1 fully saturated rings. The molecule has 26 heavy (non-hydrogen) atoms. The van der Waals surface area contributed by atoms with Gasteiger partial charge in [-0.3, -0.25) is 4.79 Å². The van der Waals surface area contributed by atoms with E-state index < -0.39 is 0 Å². The number of amides is 1. The van der Waals surface area contributed by atoms with Gasteiger partial charge in [0.25, 0.3) is 0 Å². The monoisotopic (exact) mass is 346 g/mol. The Kier molecular flexibility index (Phi) is 4.12. The first-order valence-electron chi connectivity index (χ1n) is 9.11. The second-order valence-electron chi connectivity index (χ2n) is 7.30. The second-order valence-corrected chi connectivity index (χ2v) is 7.30. The van der Waals surface area contributed by atoms with E-state index in [0.717, 1.165) is 17.1 Å². The predicted octanol–water partition coefficient (Wildman–Crippen LogP) is 3.89. The van der Waals surface area contributed by atoms with Gasteiger partial charge in [-0.05, 0) is 42.5 Å². The van der Waals surface area contributed by atoms with Crippen molar-refractivity contribution in [1.82, 2.24) is 4.98 Å². The topological polar surface area (TPSA) is 69.0 Å². The van der Waals surface area contributed by atoms with Crippen LogP contribution in [0.3, 0.4) is 0 Å². The van der Waals surface area contributed by atoms with Gasteiger partial charge in [0.2, 0.25) is 5.91 Å². The van der Waals surface area contributed by atoms with Gasteiger partial charge in [0, 0.05) is 30.8 Å². The highest BCUT2D eigenvalue weighted by molar-refractivity contribution is 5.94. The zero-order chi connectivity index (χ0) is 18.3. The lowest BCUT2D eigenvalue weighted by atomic mass is 9.80. The number of fused-ring (bicyclic) bond motifs is 1. The zero-order valence-electron chi connectivity index (χ0n) is 15.0. The third-order valence-corrected chi connectivity index (χ3v) is 5.53. The molecule has 0 radical (unpaired) electrons. The number of nitrogens with zero attached hydrogens (tertiary/aromatic N) is 3. The number of carbonyl (C=O) groups is 1. The van der Waals surface area contributed by atoms with Crippen molar-refractivity contribution in [3.05, 3.63) is 53.7 Å². The SMILES string of the molecule is CC(=O)N1c2ccccc2C(Nc2ccc(C#N)cn2)C(C)C1C1CC1. The van der Waals surface area contributed by atoms with Crippen molar-refractivity contribution in [2.75, 3.05) is 10.2 Å². The minimum absolute atomic E-state index is 0.0767. The van der Waals surface area contributed by atoms with Crippen LogP contribution in [0.2, 0.25) is 0 Å². The molecular weight excluding hydrogens is 324 g/mol. The molecular formula is C21H22N4O. The van der Waals surface area contributed by atoms with Crippen LogP contribution in [0.15, 0.2) is 42.6 Å². The van der Waals surface area contributed by atoms with E-state index in [1.807, 2.05) is 29.2 Å². The highest BCUT2D eigenvalue weighted by Crippen LogP contribution is 2.49. The summed E-state index contributed by atoms with van der Waals surface area (Å²) in [6.07, 6.45) is 3.95. The van der Waals surface area contributed by atoms with E-state index >= 15 is 0 Å². The number of para-hydroxylation sites is 1. The van der Waals surface area contributed by atoms with Gasteiger partial charge in [0.05, 0.1) is 11.6 Å². The molecule has 1 saturated carbocycles. The van der Waals surface area contributed by atoms with Crippen LogP contribution in [0, 0.1) is 23.2 Å². The van der Waals surface area contributed by atoms with Gasteiger partial charge in [-0.25, -0.2) is 4.98 Å². The molecule has 2 aliphatic rings. The van der Waals surface area contributed by atoms with Gasteiger partial charge in [-0.2, -0.15) is 5.26 Å². The minimum Gasteiger partial charge on any atom is -0.363 e. The van der Waals surface area contributed by atoms with Crippen LogP contribution < -0.4 is 10.2 Å². The molecule has 0 spiro atoms.